The van der Waals surface area contributed by atoms with E-state index in [1.807, 2.05) is 6.92 Å². The van der Waals surface area contributed by atoms with Crippen molar-refractivity contribution in [2.24, 2.45) is 5.73 Å². The highest BCUT2D eigenvalue weighted by molar-refractivity contribution is 5.97. The lowest BCUT2D eigenvalue weighted by atomic mass is 10.1. The third-order valence-electron chi connectivity index (χ3n) is 2.77. The second-order valence-electron chi connectivity index (χ2n) is 4.57. The maximum absolute atomic E-state index is 12.0. The monoisotopic (exact) mass is 287 g/mol. The van der Waals surface area contributed by atoms with E-state index in [0.717, 1.165) is 12.0 Å². The predicted molar refractivity (Wildman–Crippen MR) is 82.6 cm³/mol. The van der Waals surface area contributed by atoms with Crippen LogP contribution in [0.15, 0.2) is 24.3 Å². The van der Waals surface area contributed by atoms with Crippen LogP contribution in [-0.4, -0.2) is 30.9 Å². The standard InChI is InChI=1S/C16H21N3O2/c1-3-11-18-15(20)12(2)19-16(21)14-8-6-13(7-9-14)5-4-10-17/h6-9,12H,3,10-11,17H2,1-2H3,(H,18,20)(H,19,21). The highest BCUT2D eigenvalue weighted by atomic mass is 16.2. The highest BCUT2D eigenvalue weighted by Gasteiger charge is 2.15. The van der Waals surface area contributed by atoms with Crippen molar-refractivity contribution in [2.75, 3.05) is 13.1 Å². The number of carbonyl (C=O) groups excluding carboxylic acids is 2. The van der Waals surface area contributed by atoms with Crippen molar-refractivity contribution in [2.45, 2.75) is 26.3 Å². The first-order valence-electron chi connectivity index (χ1n) is 6.96. The lowest BCUT2D eigenvalue weighted by Crippen LogP contribution is -2.44. The molecule has 0 spiro atoms. The Bertz CT molecular complexity index is 541. The van der Waals surface area contributed by atoms with Crippen LogP contribution in [0, 0.1) is 11.8 Å². The summed E-state index contributed by atoms with van der Waals surface area (Å²) in [6.45, 7) is 4.53. The Balaban J connectivity index is 2.61. The van der Waals surface area contributed by atoms with Crippen LogP contribution in [0.25, 0.3) is 0 Å². The molecule has 0 fully saturated rings. The summed E-state index contributed by atoms with van der Waals surface area (Å²) < 4.78 is 0. The third kappa shape index (κ3) is 5.67. The molecule has 0 bridgehead atoms. The van der Waals surface area contributed by atoms with E-state index < -0.39 is 6.04 Å². The van der Waals surface area contributed by atoms with Gasteiger partial charge >= 0.3 is 0 Å². The maximum Gasteiger partial charge on any atom is 0.251 e. The van der Waals surface area contributed by atoms with Gasteiger partial charge in [0.2, 0.25) is 5.91 Å². The minimum absolute atomic E-state index is 0.185. The van der Waals surface area contributed by atoms with E-state index in [0.29, 0.717) is 18.7 Å². The quantitative estimate of drug-likeness (QED) is 0.695. The molecule has 0 heterocycles. The summed E-state index contributed by atoms with van der Waals surface area (Å²) in [5.41, 5.74) is 6.58. The zero-order valence-corrected chi connectivity index (χ0v) is 12.4. The largest absolute Gasteiger partial charge is 0.354 e. The molecule has 112 valence electrons. The number of nitrogens with one attached hydrogen (secondary N) is 2. The summed E-state index contributed by atoms with van der Waals surface area (Å²) in [6, 6.07) is 6.28. The van der Waals surface area contributed by atoms with Crippen molar-refractivity contribution in [3.8, 4) is 11.8 Å². The van der Waals surface area contributed by atoms with Crippen molar-refractivity contribution in [3.63, 3.8) is 0 Å². The van der Waals surface area contributed by atoms with Gasteiger partial charge in [-0.05, 0) is 37.6 Å². The van der Waals surface area contributed by atoms with Gasteiger partial charge in [0, 0.05) is 17.7 Å². The first kappa shape index (κ1) is 16.7. The van der Waals surface area contributed by atoms with Crippen LogP contribution >= 0.6 is 0 Å². The van der Waals surface area contributed by atoms with Gasteiger partial charge in [0.1, 0.15) is 6.04 Å². The van der Waals surface area contributed by atoms with Crippen LogP contribution in [0.1, 0.15) is 36.2 Å². The molecule has 5 nitrogen and oxygen atoms in total. The van der Waals surface area contributed by atoms with Gasteiger partial charge in [-0.2, -0.15) is 0 Å². The van der Waals surface area contributed by atoms with Crippen molar-refractivity contribution in [1.29, 1.82) is 0 Å². The molecule has 1 unspecified atom stereocenters. The number of hydrogen-bond acceptors (Lipinski definition) is 3. The van der Waals surface area contributed by atoms with E-state index in [4.69, 9.17) is 5.73 Å². The molecule has 1 aromatic rings. The second-order valence-corrected chi connectivity index (χ2v) is 4.57. The molecule has 0 aliphatic rings. The molecule has 4 N–H and O–H groups in total. The van der Waals surface area contributed by atoms with Gasteiger partial charge < -0.3 is 16.4 Å². The SMILES string of the molecule is CCCNC(=O)C(C)NC(=O)c1ccc(C#CCN)cc1. The summed E-state index contributed by atoms with van der Waals surface area (Å²) in [5, 5.41) is 5.40. The topological polar surface area (TPSA) is 84.2 Å². The van der Waals surface area contributed by atoms with Crippen LogP contribution < -0.4 is 16.4 Å². The molecule has 0 aromatic heterocycles. The van der Waals surface area contributed by atoms with Crippen molar-refractivity contribution in [3.05, 3.63) is 35.4 Å². The lowest BCUT2D eigenvalue weighted by molar-refractivity contribution is -0.122. The summed E-state index contributed by atoms with van der Waals surface area (Å²) >= 11 is 0. The smallest absolute Gasteiger partial charge is 0.251 e. The van der Waals surface area contributed by atoms with Gasteiger partial charge in [0.25, 0.3) is 5.91 Å². The number of nitrogens with two attached hydrogens (primary N) is 1. The van der Waals surface area contributed by atoms with E-state index >= 15 is 0 Å². The third-order valence-corrected chi connectivity index (χ3v) is 2.77. The zero-order valence-electron chi connectivity index (χ0n) is 12.4. The molecule has 0 radical (unpaired) electrons. The van der Waals surface area contributed by atoms with Crippen LogP contribution in [0.2, 0.25) is 0 Å². The van der Waals surface area contributed by atoms with Crippen LogP contribution in [0.4, 0.5) is 0 Å². The number of rotatable bonds is 5. The van der Waals surface area contributed by atoms with Crippen molar-refractivity contribution >= 4 is 11.8 Å². The fourth-order valence-electron chi connectivity index (χ4n) is 1.60. The number of carbonyl (C=O) groups is 2. The fourth-order valence-corrected chi connectivity index (χ4v) is 1.60. The summed E-state index contributed by atoms with van der Waals surface area (Å²) in [5.74, 6) is 5.16. The molecule has 5 heteroatoms. The van der Waals surface area contributed by atoms with Gasteiger partial charge in [-0.15, -0.1) is 0 Å². The number of amides is 2. The van der Waals surface area contributed by atoms with E-state index in [1.165, 1.54) is 0 Å². The fraction of sp³-hybridized carbons (Fsp3) is 0.375. The Labute approximate surface area is 125 Å². The average molecular weight is 287 g/mol. The molecular weight excluding hydrogens is 266 g/mol. The first-order valence-corrected chi connectivity index (χ1v) is 6.96. The van der Waals surface area contributed by atoms with Gasteiger partial charge in [-0.3, -0.25) is 9.59 Å². The van der Waals surface area contributed by atoms with E-state index in [-0.39, 0.29) is 11.8 Å². The molecule has 1 atom stereocenters. The molecule has 0 saturated carbocycles. The van der Waals surface area contributed by atoms with Gasteiger partial charge in [0.15, 0.2) is 0 Å². The minimum Gasteiger partial charge on any atom is -0.354 e. The Hall–Kier alpha value is -2.32. The van der Waals surface area contributed by atoms with Gasteiger partial charge in [-0.25, -0.2) is 0 Å². The number of hydrogen-bond donors (Lipinski definition) is 3. The summed E-state index contributed by atoms with van der Waals surface area (Å²) in [7, 11) is 0. The Morgan fingerprint density at radius 1 is 1.29 bits per heavy atom. The van der Waals surface area contributed by atoms with E-state index in [9.17, 15) is 9.59 Å². The maximum atomic E-state index is 12.0. The molecule has 1 aromatic carbocycles. The zero-order chi connectivity index (χ0) is 15.7. The lowest BCUT2D eigenvalue weighted by Gasteiger charge is -2.13. The molecular formula is C16H21N3O2. The first-order chi connectivity index (χ1) is 10.1. The van der Waals surface area contributed by atoms with Crippen LogP contribution in [0.5, 0.6) is 0 Å². The van der Waals surface area contributed by atoms with Gasteiger partial charge in [0.05, 0.1) is 6.54 Å². The molecule has 2 amide bonds. The second kappa shape index (κ2) is 8.77. The normalized spacial score (nSPS) is 11.0. The number of benzene rings is 1. The van der Waals surface area contributed by atoms with Crippen molar-refractivity contribution < 1.29 is 9.59 Å². The summed E-state index contributed by atoms with van der Waals surface area (Å²) in [4.78, 5) is 23.7. The summed E-state index contributed by atoms with van der Waals surface area (Å²) in [6.07, 6.45) is 0.859. The molecule has 21 heavy (non-hydrogen) atoms. The van der Waals surface area contributed by atoms with Crippen molar-refractivity contribution in [1.82, 2.24) is 10.6 Å². The van der Waals surface area contributed by atoms with Crippen LogP contribution in [0.3, 0.4) is 0 Å². The molecule has 0 saturated heterocycles. The van der Waals surface area contributed by atoms with Crippen LogP contribution in [-0.2, 0) is 4.79 Å². The molecule has 0 aliphatic carbocycles. The Morgan fingerprint density at radius 2 is 1.95 bits per heavy atom. The Kier molecular flexibility index (Phi) is 6.99. The predicted octanol–water partition coefficient (Wildman–Crippen LogP) is 0.641. The van der Waals surface area contributed by atoms with Gasteiger partial charge in [-0.1, -0.05) is 18.8 Å². The average Bonchev–Trinajstić information content (AvgIpc) is 2.50. The highest BCUT2D eigenvalue weighted by Crippen LogP contribution is 2.03. The Morgan fingerprint density at radius 3 is 2.52 bits per heavy atom. The molecule has 0 aliphatic heterocycles. The van der Waals surface area contributed by atoms with E-state index in [1.54, 1.807) is 31.2 Å². The minimum atomic E-state index is -0.569. The molecule has 1 rings (SSSR count). The van der Waals surface area contributed by atoms with E-state index in [2.05, 4.69) is 22.5 Å².